The van der Waals surface area contributed by atoms with Crippen LogP contribution in [-0.4, -0.2) is 118 Å². The van der Waals surface area contributed by atoms with E-state index in [1.54, 1.807) is 36.9 Å². The normalized spacial score (nSPS) is 19.1. The number of rotatable bonds is 8. The number of urea groups is 4. The molecule has 2 atom stereocenters. The van der Waals surface area contributed by atoms with E-state index in [0.29, 0.717) is 36.5 Å². The van der Waals surface area contributed by atoms with E-state index in [1.807, 2.05) is 40.1 Å². The van der Waals surface area contributed by atoms with Gasteiger partial charge in [-0.2, -0.15) is 5.26 Å². The molecule has 8 amide bonds. The summed E-state index contributed by atoms with van der Waals surface area (Å²) < 4.78 is 13.8. The Morgan fingerprint density at radius 2 is 1.31 bits per heavy atom. The third-order valence-corrected chi connectivity index (χ3v) is 11.7. The minimum absolute atomic E-state index is 0.0201. The first-order valence-electron chi connectivity index (χ1n) is 20.4. The van der Waals surface area contributed by atoms with Crippen molar-refractivity contribution in [1.82, 2.24) is 50.8 Å². The van der Waals surface area contributed by atoms with E-state index < -0.39 is 0 Å². The summed E-state index contributed by atoms with van der Waals surface area (Å²) >= 11 is 0. The Kier molecular flexibility index (Phi) is 12.2. The number of aryl methyl sites for hydroxylation is 1. The van der Waals surface area contributed by atoms with Crippen LogP contribution in [0.15, 0.2) is 42.5 Å². The van der Waals surface area contributed by atoms with Gasteiger partial charge in [0.25, 0.3) is 0 Å². The Hall–Kier alpha value is -5.98. The number of amides is 8. The maximum absolute atomic E-state index is 13.8. The average molecular weight is 796 g/mol. The molecule has 2 aliphatic heterocycles. The predicted molar refractivity (Wildman–Crippen MR) is 218 cm³/mol. The molecule has 4 aliphatic rings. The number of carbonyl (C=O) groups excluding carboxylic acids is 4. The number of aromatic nitrogens is 2. The van der Waals surface area contributed by atoms with Gasteiger partial charge in [-0.1, -0.05) is 18.2 Å². The van der Waals surface area contributed by atoms with Crippen LogP contribution in [0.25, 0.3) is 21.8 Å². The molecule has 308 valence electrons. The molecule has 2 saturated heterocycles. The summed E-state index contributed by atoms with van der Waals surface area (Å²) in [7, 11) is 3.26. The Balaban J connectivity index is 0.000000177. The first kappa shape index (κ1) is 40.2. The molecule has 58 heavy (non-hydrogen) atoms. The van der Waals surface area contributed by atoms with E-state index in [0.717, 1.165) is 92.0 Å². The van der Waals surface area contributed by atoms with Crippen molar-refractivity contribution < 1.29 is 23.6 Å². The van der Waals surface area contributed by atoms with Gasteiger partial charge in [0.05, 0.1) is 36.4 Å². The monoisotopic (exact) mass is 795 g/mol. The predicted octanol–water partition coefficient (Wildman–Crippen LogP) is 5.61. The van der Waals surface area contributed by atoms with Crippen LogP contribution in [0.2, 0.25) is 0 Å². The van der Waals surface area contributed by atoms with Crippen molar-refractivity contribution in [2.24, 2.45) is 0 Å². The van der Waals surface area contributed by atoms with Gasteiger partial charge < -0.3 is 50.8 Å². The Morgan fingerprint density at radius 3 is 1.86 bits per heavy atom. The molecule has 0 bridgehead atoms. The van der Waals surface area contributed by atoms with Gasteiger partial charge in [-0.25, -0.2) is 23.6 Å². The number of nitrogens with zero attached hydrogens (tertiary/aromatic N) is 5. The molecule has 4 heterocycles. The minimum Gasteiger partial charge on any atom is -0.357 e. The number of para-hydroxylation sites is 1. The maximum atomic E-state index is 13.8. The smallest absolute Gasteiger partial charge is 0.318 e. The molecule has 0 unspecified atom stereocenters. The van der Waals surface area contributed by atoms with Crippen molar-refractivity contribution in [3.8, 4) is 6.07 Å². The van der Waals surface area contributed by atoms with E-state index in [1.165, 1.54) is 6.07 Å². The molecule has 4 aromatic rings. The lowest BCUT2D eigenvalue weighted by Gasteiger charge is -2.39. The fourth-order valence-electron chi connectivity index (χ4n) is 8.46. The van der Waals surface area contributed by atoms with Gasteiger partial charge in [0, 0.05) is 79.9 Å². The summed E-state index contributed by atoms with van der Waals surface area (Å²) in [6, 6.07) is 15.1. The van der Waals surface area contributed by atoms with Crippen LogP contribution < -0.4 is 21.3 Å². The molecule has 2 aromatic carbocycles. The summed E-state index contributed by atoms with van der Waals surface area (Å²) in [5.74, 6) is -0.232. The molecule has 2 saturated carbocycles. The summed E-state index contributed by atoms with van der Waals surface area (Å²) in [6.07, 6.45) is 7.59. The number of aromatic amines is 2. The number of hydrogen-bond donors (Lipinski definition) is 6. The van der Waals surface area contributed by atoms with Gasteiger partial charge in [-0.15, -0.1) is 0 Å². The number of halogens is 1. The topological polar surface area (TPSA) is 185 Å². The highest BCUT2D eigenvalue weighted by Crippen LogP contribution is 2.33. The number of hydrogen-bond acceptors (Lipinski definition) is 5. The minimum atomic E-state index is -0.232. The number of piperidine rings is 2. The third kappa shape index (κ3) is 8.93. The molecule has 16 heteroatoms. The van der Waals surface area contributed by atoms with Crippen molar-refractivity contribution in [2.75, 3.05) is 40.3 Å². The molecule has 15 nitrogen and oxygen atoms in total. The number of carbonyl (C=O) groups is 4. The number of nitriles is 1. The molecule has 2 aromatic heterocycles. The zero-order valence-electron chi connectivity index (χ0n) is 33.5. The molecule has 0 spiro atoms. The number of benzene rings is 2. The maximum Gasteiger partial charge on any atom is 0.318 e. The van der Waals surface area contributed by atoms with Crippen LogP contribution in [0.5, 0.6) is 0 Å². The van der Waals surface area contributed by atoms with Gasteiger partial charge in [0.2, 0.25) is 0 Å². The van der Waals surface area contributed by atoms with E-state index in [4.69, 9.17) is 0 Å². The second-order valence-corrected chi connectivity index (χ2v) is 15.8. The van der Waals surface area contributed by atoms with Gasteiger partial charge in [0.1, 0.15) is 11.9 Å². The lowest BCUT2D eigenvalue weighted by atomic mass is 10.0. The van der Waals surface area contributed by atoms with E-state index in [2.05, 4.69) is 37.3 Å². The van der Waals surface area contributed by atoms with Crippen LogP contribution >= 0.6 is 0 Å². The Morgan fingerprint density at radius 1 is 0.759 bits per heavy atom. The Labute approximate surface area is 337 Å². The molecular weight excluding hydrogens is 742 g/mol. The zero-order valence-corrected chi connectivity index (χ0v) is 33.5. The number of fused-ring (bicyclic) bond motifs is 2. The fourth-order valence-corrected chi connectivity index (χ4v) is 8.46. The van der Waals surface area contributed by atoms with Gasteiger partial charge in [-0.05, 0) is 88.1 Å². The van der Waals surface area contributed by atoms with Crippen LogP contribution in [0.3, 0.4) is 0 Å². The molecule has 6 N–H and O–H groups in total. The molecular formula is C42H54FN11O4. The zero-order chi connectivity index (χ0) is 40.9. The van der Waals surface area contributed by atoms with Gasteiger partial charge >= 0.3 is 24.1 Å². The summed E-state index contributed by atoms with van der Waals surface area (Å²) in [5, 5.41) is 22.6. The highest BCUT2D eigenvalue weighted by Gasteiger charge is 2.41. The van der Waals surface area contributed by atoms with Crippen LogP contribution in [0.1, 0.15) is 73.9 Å². The summed E-state index contributed by atoms with van der Waals surface area (Å²) in [5.41, 5.74) is 4.48. The summed E-state index contributed by atoms with van der Waals surface area (Å²) in [4.78, 5) is 64.0. The standard InChI is InChI=1S/C21H28FN5O2.C21H26N6O2/c1-13-17-10-14(25-19(17)8-7-18(13)22)11-24-21(29)27(15-5-6-15)16-4-3-9-26(12-16)20(28)23-2;1-23-20(28)26-10-4-5-15(13-26)27(14-8-9-14)21(29)24-12-19-17(11-22)16-6-2-3-7-18(16)25-19/h7-8,10,15-16,25H,3-6,9,11-12H2,1-2H3,(H,23,28)(H,24,29);2-3,6-7,14-15,25H,4-5,8-10,12-13H2,1H3,(H,23,28)(H,24,29)/t16-;15-/m11/s1. The van der Waals surface area contributed by atoms with Crippen molar-refractivity contribution >= 4 is 45.9 Å². The lowest BCUT2D eigenvalue weighted by molar-refractivity contribution is 0.116. The fraction of sp³-hybridized carbons (Fsp3) is 0.500. The van der Waals surface area contributed by atoms with Crippen LogP contribution in [-0.2, 0) is 13.1 Å². The molecule has 0 radical (unpaired) electrons. The number of H-pyrrole nitrogens is 2. The quantitative estimate of drug-likeness (QED) is 0.135. The van der Waals surface area contributed by atoms with Crippen molar-refractivity contribution in [3.63, 3.8) is 0 Å². The van der Waals surface area contributed by atoms with E-state index >= 15 is 0 Å². The molecule has 4 fully saturated rings. The van der Waals surface area contributed by atoms with E-state index in [-0.39, 0.29) is 60.7 Å². The van der Waals surface area contributed by atoms with E-state index in [9.17, 15) is 28.8 Å². The lowest BCUT2D eigenvalue weighted by Crippen LogP contribution is -2.56. The third-order valence-electron chi connectivity index (χ3n) is 11.7. The van der Waals surface area contributed by atoms with Gasteiger partial charge in [0.15, 0.2) is 0 Å². The Bertz CT molecular complexity index is 2190. The largest absolute Gasteiger partial charge is 0.357 e. The van der Waals surface area contributed by atoms with Crippen LogP contribution in [0.4, 0.5) is 23.6 Å². The first-order valence-corrected chi connectivity index (χ1v) is 20.4. The first-order chi connectivity index (χ1) is 28.1. The second-order valence-electron chi connectivity index (χ2n) is 15.8. The number of likely N-dealkylation sites (tertiary alicyclic amines) is 2. The SMILES string of the molecule is CNC(=O)N1CCC[C@@H](N(C(=O)NCc2[nH]c3ccccc3c2C#N)C2CC2)C1.CNC(=O)N1CCC[C@@H](N(C(=O)NCc2cc3c(C)c(F)ccc3[nH]2)C2CC2)C1. The number of nitrogens with one attached hydrogen (secondary N) is 6. The highest BCUT2D eigenvalue weighted by atomic mass is 19.1. The molecule has 8 rings (SSSR count). The van der Waals surface area contributed by atoms with Crippen molar-refractivity contribution in [1.29, 1.82) is 5.26 Å². The second kappa shape index (κ2) is 17.7. The van der Waals surface area contributed by atoms with Crippen LogP contribution in [0, 0.1) is 24.1 Å². The van der Waals surface area contributed by atoms with Gasteiger partial charge in [-0.3, -0.25) is 0 Å². The molecule has 2 aliphatic carbocycles. The average Bonchev–Trinajstić information content (AvgIpc) is 4.19. The summed E-state index contributed by atoms with van der Waals surface area (Å²) in [6.45, 7) is 4.94. The van der Waals surface area contributed by atoms with Crippen molar-refractivity contribution in [2.45, 2.75) is 95.5 Å². The van der Waals surface area contributed by atoms with Crippen molar-refractivity contribution in [3.05, 3.63) is 70.8 Å². The highest BCUT2D eigenvalue weighted by molar-refractivity contribution is 5.87.